The zero-order valence-corrected chi connectivity index (χ0v) is 19.3. The molecule has 24 heavy (non-hydrogen) atoms. The highest BCUT2D eigenvalue weighted by atomic mass is 79.9. The van der Waals surface area contributed by atoms with Gasteiger partial charge in [0.2, 0.25) is 0 Å². The van der Waals surface area contributed by atoms with Gasteiger partial charge < -0.3 is 4.48 Å². The molecule has 0 rings (SSSR count). The summed E-state index contributed by atoms with van der Waals surface area (Å²) >= 11 is 0. The molecule has 148 valence electrons. The van der Waals surface area contributed by atoms with Crippen molar-refractivity contribution in [3.63, 3.8) is 0 Å². The maximum atomic E-state index is 2.43. The van der Waals surface area contributed by atoms with E-state index in [0.717, 1.165) is 0 Å². The molecule has 0 fully saturated rings. The first kappa shape index (κ1) is 26.7. The molecule has 0 saturated carbocycles. The van der Waals surface area contributed by atoms with E-state index in [1.54, 1.807) is 0 Å². The highest BCUT2D eigenvalue weighted by Gasteiger charge is 2.13. The van der Waals surface area contributed by atoms with Crippen LogP contribution in [0.1, 0.15) is 117 Å². The molecule has 0 aromatic carbocycles. The van der Waals surface area contributed by atoms with Crippen LogP contribution in [0.25, 0.3) is 0 Å². The third-order valence-electron chi connectivity index (χ3n) is 5.23. The maximum absolute atomic E-state index is 2.43. The molecule has 0 atom stereocenters. The predicted octanol–water partition coefficient (Wildman–Crippen LogP) is 7.92. The van der Waals surface area contributed by atoms with Gasteiger partial charge in [0.25, 0.3) is 0 Å². The molecule has 0 aromatic rings. The second-order valence-electron chi connectivity index (χ2n) is 8.33. The van der Waals surface area contributed by atoms with Gasteiger partial charge in [-0.25, -0.2) is 0 Å². The van der Waals surface area contributed by atoms with E-state index in [0.29, 0.717) is 0 Å². The van der Waals surface area contributed by atoms with Gasteiger partial charge in [0.05, 0.1) is 27.2 Å². The first-order valence-corrected chi connectivity index (χ1v) is 10.9. The molecule has 0 N–H and O–H groups in total. The normalized spacial score (nSPS) is 11.5. The molecular formula is C22H49BrN+. The first-order chi connectivity index (χ1) is 11.1. The Morgan fingerprint density at radius 2 is 0.667 bits per heavy atom. The Bertz CT molecular complexity index is 206. The predicted molar refractivity (Wildman–Crippen MR) is 117 cm³/mol. The minimum Gasteiger partial charge on any atom is -0.328 e. The van der Waals surface area contributed by atoms with Crippen LogP contribution in [0.5, 0.6) is 0 Å². The lowest BCUT2D eigenvalue weighted by atomic mass is 10.1. The minimum atomic E-state index is 0. The largest absolute Gasteiger partial charge is 0.328 e. The van der Waals surface area contributed by atoms with Crippen LogP contribution >= 0.6 is 17.0 Å². The van der Waals surface area contributed by atoms with Gasteiger partial charge in [0.1, 0.15) is 0 Å². The van der Waals surface area contributed by atoms with Crippen LogP contribution in [0, 0.1) is 0 Å². The second-order valence-corrected chi connectivity index (χ2v) is 8.33. The van der Waals surface area contributed by atoms with E-state index in [4.69, 9.17) is 0 Å². The topological polar surface area (TPSA) is 0 Å². The third kappa shape index (κ3) is 20.5. The number of hydrogen-bond donors (Lipinski definition) is 0. The van der Waals surface area contributed by atoms with Gasteiger partial charge in [-0.1, -0.05) is 90.9 Å². The molecule has 0 aliphatic carbocycles. The van der Waals surface area contributed by atoms with Crippen molar-refractivity contribution in [2.24, 2.45) is 0 Å². The molecule has 0 bridgehead atoms. The monoisotopic (exact) mass is 406 g/mol. The van der Waals surface area contributed by atoms with Crippen molar-refractivity contribution in [2.45, 2.75) is 117 Å². The van der Waals surface area contributed by atoms with Gasteiger partial charge in [0.15, 0.2) is 0 Å². The van der Waals surface area contributed by atoms with Crippen molar-refractivity contribution in [1.82, 2.24) is 0 Å². The Labute approximate surface area is 165 Å². The van der Waals surface area contributed by atoms with Crippen LogP contribution in [-0.4, -0.2) is 31.7 Å². The molecule has 0 radical (unpaired) electrons. The number of nitrogens with zero attached hydrogens (tertiary/aromatic N) is 1. The standard InChI is InChI=1S/C22H48N.BrH/c1-5-7-9-11-13-15-17-19-21-23(3,4)22-20-18-16-14-12-10-8-6-2;/h5-22H2,1-4H3;1H/q+1;. The zero-order valence-electron chi connectivity index (χ0n) is 17.6. The summed E-state index contributed by atoms with van der Waals surface area (Å²) in [6.07, 6.45) is 23.0. The quantitative estimate of drug-likeness (QED) is 0.160. The smallest absolute Gasteiger partial charge is 0.0782 e. The number of quaternary nitrogens is 1. The molecule has 0 aromatic heterocycles. The van der Waals surface area contributed by atoms with Crippen LogP contribution in [0.2, 0.25) is 0 Å². The third-order valence-corrected chi connectivity index (χ3v) is 5.23. The molecule has 2 heteroatoms. The Hall–Kier alpha value is 0.440. The van der Waals surface area contributed by atoms with Gasteiger partial charge in [-0.3, -0.25) is 0 Å². The lowest BCUT2D eigenvalue weighted by Gasteiger charge is -2.30. The van der Waals surface area contributed by atoms with Crippen molar-refractivity contribution in [3.8, 4) is 0 Å². The highest BCUT2D eigenvalue weighted by Crippen LogP contribution is 2.13. The number of halogens is 1. The Balaban J connectivity index is 0. The van der Waals surface area contributed by atoms with Gasteiger partial charge in [0, 0.05) is 0 Å². The fourth-order valence-electron chi connectivity index (χ4n) is 3.46. The number of unbranched alkanes of at least 4 members (excludes halogenated alkanes) is 14. The molecule has 0 saturated heterocycles. The lowest BCUT2D eigenvalue weighted by Crippen LogP contribution is -2.41. The molecule has 0 aliphatic rings. The lowest BCUT2D eigenvalue weighted by molar-refractivity contribution is -0.890. The van der Waals surface area contributed by atoms with E-state index in [-0.39, 0.29) is 17.0 Å². The van der Waals surface area contributed by atoms with E-state index in [2.05, 4.69) is 27.9 Å². The Morgan fingerprint density at radius 1 is 0.417 bits per heavy atom. The fraction of sp³-hybridized carbons (Fsp3) is 1.00. The first-order valence-electron chi connectivity index (χ1n) is 10.9. The Kier molecular flexibility index (Phi) is 22.0. The van der Waals surface area contributed by atoms with Crippen molar-refractivity contribution < 1.29 is 4.48 Å². The van der Waals surface area contributed by atoms with Gasteiger partial charge in [-0.05, 0) is 25.7 Å². The molecular weight excluding hydrogens is 358 g/mol. The van der Waals surface area contributed by atoms with Crippen LogP contribution in [0.3, 0.4) is 0 Å². The van der Waals surface area contributed by atoms with E-state index in [9.17, 15) is 0 Å². The zero-order chi connectivity index (χ0) is 17.2. The van der Waals surface area contributed by atoms with E-state index in [1.807, 2.05) is 0 Å². The van der Waals surface area contributed by atoms with Crippen LogP contribution in [0.15, 0.2) is 0 Å². The fourth-order valence-corrected chi connectivity index (χ4v) is 3.46. The number of rotatable bonds is 18. The van der Waals surface area contributed by atoms with Crippen molar-refractivity contribution in [3.05, 3.63) is 0 Å². The van der Waals surface area contributed by atoms with Crippen molar-refractivity contribution in [1.29, 1.82) is 0 Å². The van der Waals surface area contributed by atoms with E-state index < -0.39 is 0 Å². The number of hydrogen-bond acceptors (Lipinski definition) is 0. The highest BCUT2D eigenvalue weighted by molar-refractivity contribution is 8.93. The van der Waals surface area contributed by atoms with Crippen molar-refractivity contribution >= 4 is 17.0 Å². The summed E-state index contributed by atoms with van der Waals surface area (Å²) in [6.45, 7) is 7.36. The summed E-state index contributed by atoms with van der Waals surface area (Å²) in [5.41, 5.74) is 0. The van der Waals surface area contributed by atoms with Crippen LogP contribution in [0.4, 0.5) is 0 Å². The molecule has 1 nitrogen and oxygen atoms in total. The summed E-state index contributed by atoms with van der Waals surface area (Å²) in [6, 6.07) is 0. The molecule has 0 aliphatic heterocycles. The minimum absolute atomic E-state index is 0. The SMILES string of the molecule is Br.CCCCCCCCCC[N+](C)(C)CCCCCCCCCC. The van der Waals surface area contributed by atoms with E-state index >= 15 is 0 Å². The molecule has 0 amide bonds. The van der Waals surface area contributed by atoms with Crippen LogP contribution in [-0.2, 0) is 0 Å². The second kappa shape index (κ2) is 19.8. The van der Waals surface area contributed by atoms with Gasteiger partial charge in [-0.15, -0.1) is 17.0 Å². The summed E-state index contributed by atoms with van der Waals surface area (Å²) < 4.78 is 1.24. The Morgan fingerprint density at radius 3 is 0.958 bits per heavy atom. The van der Waals surface area contributed by atoms with Gasteiger partial charge >= 0.3 is 0 Å². The van der Waals surface area contributed by atoms with E-state index in [1.165, 1.54) is 120 Å². The molecule has 0 unspecified atom stereocenters. The average Bonchev–Trinajstić information content (AvgIpc) is 2.52. The molecule has 0 heterocycles. The molecule has 0 spiro atoms. The summed E-state index contributed by atoms with van der Waals surface area (Å²) in [7, 11) is 4.87. The summed E-state index contributed by atoms with van der Waals surface area (Å²) in [4.78, 5) is 0. The van der Waals surface area contributed by atoms with Gasteiger partial charge in [-0.2, -0.15) is 0 Å². The maximum Gasteiger partial charge on any atom is 0.0782 e. The van der Waals surface area contributed by atoms with Crippen LogP contribution < -0.4 is 0 Å². The summed E-state index contributed by atoms with van der Waals surface area (Å²) in [5, 5.41) is 0. The summed E-state index contributed by atoms with van der Waals surface area (Å²) in [5.74, 6) is 0. The van der Waals surface area contributed by atoms with Crippen molar-refractivity contribution in [2.75, 3.05) is 27.2 Å². The average molecular weight is 408 g/mol.